The van der Waals surface area contributed by atoms with Crippen molar-refractivity contribution in [3.63, 3.8) is 0 Å². The fourth-order valence-electron chi connectivity index (χ4n) is 4.32. The van der Waals surface area contributed by atoms with E-state index in [1.165, 1.54) is 23.1 Å². The third kappa shape index (κ3) is 6.75. The molecule has 1 aliphatic rings. The van der Waals surface area contributed by atoms with Crippen LogP contribution in [0.4, 0.5) is 4.79 Å². The number of hydrogen-bond acceptors (Lipinski definition) is 7. The summed E-state index contributed by atoms with van der Waals surface area (Å²) < 4.78 is 12.1. The Bertz CT molecular complexity index is 1300. The van der Waals surface area contributed by atoms with E-state index < -0.39 is 5.97 Å². The first-order chi connectivity index (χ1) is 18.5. The lowest BCUT2D eigenvalue weighted by Gasteiger charge is -2.16. The maximum Gasteiger partial charge on any atom is 0.337 e. The Balaban J connectivity index is 0.00000420. The minimum absolute atomic E-state index is 0. The summed E-state index contributed by atoms with van der Waals surface area (Å²) in [6.07, 6.45) is 9.32. The number of benzene rings is 1. The van der Waals surface area contributed by atoms with E-state index in [1.807, 2.05) is 19.1 Å². The molecule has 0 saturated carbocycles. The van der Waals surface area contributed by atoms with Crippen LogP contribution in [0.5, 0.6) is 0 Å². The molecule has 0 bridgehead atoms. The van der Waals surface area contributed by atoms with Gasteiger partial charge in [-0.15, -0.1) is 12.4 Å². The number of imidazole rings is 1. The number of amides is 3. The van der Waals surface area contributed by atoms with E-state index in [0.717, 1.165) is 43.5 Å². The Kier molecular flexibility index (Phi) is 10.4. The molecule has 0 atom stereocenters. The topological polar surface area (TPSA) is 111 Å². The largest absolute Gasteiger partial charge is 0.465 e. The van der Waals surface area contributed by atoms with Gasteiger partial charge < -0.3 is 13.8 Å². The zero-order valence-electron chi connectivity index (χ0n) is 22.5. The maximum atomic E-state index is 13.4. The molecule has 2 aromatic heterocycles. The van der Waals surface area contributed by atoms with Crippen molar-refractivity contribution in [2.45, 2.75) is 59.0 Å². The summed E-state index contributed by atoms with van der Waals surface area (Å²) in [5.41, 5.74) is 2.42. The fraction of sp³-hybridized carbons (Fsp3) is 0.393. The number of esters is 1. The Morgan fingerprint density at radius 1 is 1.03 bits per heavy atom. The quantitative estimate of drug-likeness (QED) is 0.174. The molecule has 10 nitrogen and oxygen atoms in total. The number of halogens is 1. The number of aromatic nitrogens is 3. The molecule has 208 valence electrons. The lowest BCUT2D eigenvalue weighted by Crippen LogP contribution is -2.33. The highest BCUT2D eigenvalue weighted by atomic mass is 35.5. The molecule has 0 unspecified atom stereocenters. The van der Waals surface area contributed by atoms with E-state index in [-0.39, 0.29) is 36.6 Å². The van der Waals surface area contributed by atoms with Gasteiger partial charge in [-0.05, 0) is 36.6 Å². The molecular weight excluding hydrogens is 522 g/mol. The minimum atomic E-state index is -0.392. The van der Waals surface area contributed by atoms with Gasteiger partial charge in [0.1, 0.15) is 11.5 Å². The van der Waals surface area contributed by atoms with Crippen LogP contribution in [-0.2, 0) is 29.0 Å². The van der Waals surface area contributed by atoms with Crippen LogP contribution in [0.1, 0.15) is 72.7 Å². The van der Waals surface area contributed by atoms with E-state index in [1.54, 1.807) is 30.5 Å². The molecular formula is C28H34ClN5O5. The van der Waals surface area contributed by atoms with Gasteiger partial charge in [-0.3, -0.25) is 14.6 Å². The maximum absolute atomic E-state index is 13.4. The fourth-order valence-corrected chi connectivity index (χ4v) is 4.32. The molecule has 39 heavy (non-hydrogen) atoms. The second-order valence-corrected chi connectivity index (χ2v) is 9.16. The third-order valence-corrected chi connectivity index (χ3v) is 6.48. The van der Waals surface area contributed by atoms with Gasteiger partial charge in [0.2, 0.25) is 0 Å². The average Bonchev–Trinajstić information content (AvgIpc) is 3.63. The van der Waals surface area contributed by atoms with Crippen LogP contribution in [0.25, 0.3) is 6.08 Å². The average molecular weight is 556 g/mol. The SMILES string of the molecule is CCCCc1ncc(C=C2C(=O)N(CCCC)C(=O)N2Cc2ccno2)n1Cc1ccc(C(=O)OC)cc1.Cl. The second kappa shape index (κ2) is 13.7. The molecule has 0 aliphatic carbocycles. The van der Waals surface area contributed by atoms with Gasteiger partial charge in [0.25, 0.3) is 5.91 Å². The monoisotopic (exact) mass is 555 g/mol. The molecule has 4 rings (SSSR count). The number of urea groups is 1. The van der Waals surface area contributed by atoms with Crippen LogP contribution in [0, 0.1) is 0 Å². The normalized spacial score (nSPS) is 14.3. The van der Waals surface area contributed by atoms with Crippen molar-refractivity contribution in [2.24, 2.45) is 0 Å². The van der Waals surface area contributed by atoms with E-state index in [9.17, 15) is 14.4 Å². The molecule has 0 spiro atoms. The molecule has 0 N–H and O–H groups in total. The van der Waals surface area contributed by atoms with Gasteiger partial charge in [0, 0.05) is 25.6 Å². The number of carbonyl (C=O) groups is 3. The summed E-state index contributed by atoms with van der Waals surface area (Å²) in [6, 6.07) is 8.51. The number of rotatable bonds is 12. The van der Waals surface area contributed by atoms with Crippen molar-refractivity contribution in [2.75, 3.05) is 13.7 Å². The number of hydrogen-bond donors (Lipinski definition) is 0. The summed E-state index contributed by atoms with van der Waals surface area (Å²) in [7, 11) is 1.35. The highest BCUT2D eigenvalue weighted by Gasteiger charge is 2.41. The number of carbonyl (C=O) groups excluding carboxylic acids is 3. The van der Waals surface area contributed by atoms with Crippen molar-refractivity contribution in [1.29, 1.82) is 0 Å². The van der Waals surface area contributed by atoms with Crippen molar-refractivity contribution < 1.29 is 23.6 Å². The highest BCUT2D eigenvalue weighted by molar-refractivity contribution is 6.13. The molecule has 1 aromatic carbocycles. The predicted octanol–water partition coefficient (Wildman–Crippen LogP) is 5.08. The summed E-state index contributed by atoms with van der Waals surface area (Å²) >= 11 is 0. The number of unbranched alkanes of at least 4 members (excludes halogenated alkanes) is 2. The van der Waals surface area contributed by atoms with Gasteiger partial charge in [-0.1, -0.05) is 44.0 Å². The summed E-state index contributed by atoms with van der Waals surface area (Å²) in [4.78, 5) is 45.9. The second-order valence-electron chi connectivity index (χ2n) is 9.16. The van der Waals surface area contributed by atoms with Crippen molar-refractivity contribution in [3.05, 3.63) is 76.8 Å². The number of ether oxygens (including phenoxy) is 1. The molecule has 3 aromatic rings. The summed E-state index contributed by atoms with van der Waals surface area (Å²) in [5.74, 6) is 0.639. The molecule has 1 aliphatic heterocycles. The number of nitrogens with zero attached hydrogens (tertiary/aromatic N) is 5. The molecule has 1 fully saturated rings. The lowest BCUT2D eigenvalue weighted by atomic mass is 10.1. The molecule has 0 radical (unpaired) electrons. The van der Waals surface area contributed by atoms with Crippen LogP contribution in [0.2, 0.25) is 0 Å². The Morgan fingerprint density at radius 2 is 1.77 bits per heavy atom. The Morgan fingerprint density at radius 3 is 2.41 bits per heavy atom. The smallest absolute Gasteiger partial charge is 0.337 e. The van der Waals surface area contributed by atoms with Crippen LogP contribution >= 0.6 is 12.4 Å². The first kappa shape index (κ1) is 29.6. The van der Waals surface area contributed by atoms with Crippen molar-refractivity contribution in [3.8, 4) is 0 Å². The number of imide groups is 1. The molecule has 1 saturated heterocycles. The number of aryl methyl sites for hydroxylation is 1. The van der Waals surface area contributed by atoms with Crippen LogP contribution < -0.4 is 0 Å². The highest BCUT2D eigenvalue weighted by Crippen LogP contribution is 2.27. The zero-order chi connectivity index (χ0) is 27.1. The van der Waals surface area contributed by atoms with Gasteiger partial charge in [-0.25, -0.2) is 14.6 Å². The molecule has 3 amide bonds. The first-order valence-electron chi connectivity index (χ1n) is 12.9. The van der Waals surface area contributed by atoms with Crippen molar-refractivity contribution >= 4 is 36.4 Å². The molecule has 3 heterocycles. The zero-order valence-corrected chi connectivity index (χ0v) is 23.3. The van der Waals surface area contributed by atoms with Gasteiger partial charge >= 0.3 is 12.0 Å². The van der Waals surface area contributed by atoms with E-state index in [4.69, 9.17) is 9.26 Å². The van der Waals surface area contributed by atoms with Gasteiger partial charge in [-0.2, -0.15) is 0 Å². The van der Waals surface area contributed by atoms with Crippen LogP contribution in [0.3, 0.4) is 0 Å². The Labute approximate surface area is 234 Å². The Hall–Kier alpha value is -3.92. The number of methoxy groups -OCH3 is 1. The van der Waals surface area contributed by atoms with Gasteiger partial charge in [0.05, 0.1) is 37.3 Å². The molecule has 11 heteroatoms. The first-order valence-corrected chi connectivity index (χ1v) is 12.9. The predicted molar refractivity (Wildman–Crippen MR) is 147 cm³/mol. The lowest BCUT2D eigenvalue weighted by molar-refractivity contribution is -0.123. The van der Waals surface area contributed by atoms with E-state index in [0.29, 0.717) is 30.1 Å². The van der Waals surface area contributed by atoms with Crippen LogP contribution in [0.15, 0.2) is 52.9 Å². The van der Waals surface area contributed by atoms with E-state index in [2.05, 4.69) is 21.6 Å². The summed E-state index contributed by atoms with van der Waals surface area (Å²) in [5, 5.41) is 3.73. The third-order valence-electron chi connectivity index (χ3n) is 6.48. The van der Waals surface area contributed by atoms with Crippen LogP contribution in [-0.4, -0.2) is 56.1 Å². The minimum Gasteiger partial charge on any atom is -0.465 e. The van der Waals surface area contributed by atoms with E-state index >= 15 is 0 Å². The van der Waals surface area contributed by atoms with Crippen molar-refractivity contribution in [1.82, 2.24) is 24.5 Å². The summed E-state index contributed by atoms with van der Waals surface area (Å²) in [6.45, 7) is 5.08. The van der Waals surface area contributed by atoms with Gasteiger partial charge in [0.15, 0.2) is 5.76 Å². The standard InChI is InChI=1S/C28H33N5O5.ClH/c1-4-6-8-25-29-17-22(32(25)18-20-9-11-21(12-10-20)27(35)37-3)16-24-26(34)31(15-7-5-2)28(36)33(24)19-23-13-14-30-38-23;/h9-14,16-17H,4-8,15,18-19H2,1-3H3;1H.